The zero-order valence-electron chi connectivity index (χ0n) is 24.3. The average Bonchev–Trinajstić information content (AvgIpc) is 3.25. The highest BCUT2D eigenvalue weighted by molar-refractivity contribution is 5.91. The van der Waals surface area contributed by atoms with Crippen molar-refractivity contribution < 1.29 is 45.4 Å². The predicted octanol–water partition coefficient (Wildman–Crippen LogP) is 8.97. The van der Waals surface area contributed by atoms with Crippen LogP contribution in [0.1, 0.15) is 62.2 Å². The summed E-state index contributed by atoms with van der Waals surface area (Å²) in [5.41, 5.74) is -1.11. The Hall–Kier alpha value is -4.34. The number of hydrogen-bond acceptors (Lipinski definition) is 4. The van der Waals surface area contributed by atoms with Crippen LogP contribution in [-0.2, 0) is 21.8 Å². The van der Waals surface area contributed by atoms with Crippen LogP contribution in [0.25, 0.3) is 0 Å². The lowest BCUT2D eigenvalue weighted by atomic mass is 9.61. The molecule has 0 bridgehead atoms. The number of rotatable bonds is 5. The number of allylic oxidation sites excluding steroid dienone is 4. The first-order valence-corrected chi connectivity index (χ1v) is 14.4. The third-order valence-electron chi connectivity index (χ3n) is 8.65. The summed E-state index contributed by atoms with van der Waals surface area (Å²) < 4.78 is 92.7. The standard InChI is InChI=1S/C35H30F6O4/c1-20-10-6-7-15-26(20)29-28-17-5-3-4-16-27(28)21(2)30(44-32(42)22-11-8-13-24(18-22)34(36,37)38)31(29)45-33(43)23-12-9-14-25(19-23)35(39,40)41/h3-15,17-19,21,27-31H,16H2,1-2H3. The minimum absolute atomic E-state index is 0.132. The molecule has 2 aliphatic carbocycles. The van der Waals surface area contributed by atoms with E-state index >= 15 is 0 Å². The van der Waals surface area contributed by atoms with E-state index in [2.05, 4.69) is 0 Å². The Morgan fingerprint density at radius 1 is 0.733 bits per heavy atom. The summed E-state index contributed by atoms with van der Waals surface area (Å²) in [5, 5.41) is 0. The summed E-state index contributed by atoms with van der Waals surface area (Å²) >= 11 is 0. The summed E-state index contributed by atoms with van der Waals surface area (Å²) in [7, 11) is 0. The summed E-state index contributed by atoms with van der Waals surface area (Å²) in [6.07, 6.45) is -3.45. The molecule has 2 aliphatic rings. The molecule has 4 nitrogen and oxygen atoms in total. The Morgan fingerprint density at radius 3 is 1.84 bits per heavy atom. The Kier molecular flexibility index (Phi) is 8.96. The molecule has 0 heterocycles. The van der Waals surface area contributed by atoms with Crippen molar-refractivity contribution in [2.24, 2.45) is 17.8 Å². The molecular formula is C35H30F6O4. The van der Waals surface area contributed by atoms with Crippen LogP contribution in [0.2, 0.25) is 0 Å². The molecule has 5 rings (SSSR count). The highest BCUT2D eigenvalue weighted by atomic mass is 19.4. The van der Waals surface area contributed by atoms with E-state index in [-0.39, 0.29) is 23.0 Å². The first-order chi connectivity index (χ1) is 21.3. The molecule has 3 aromatic carbocycles. The number of aryl methyl sites for hydroxylation is 1. The van der Waals surface area contributed by atoms with Crippen LogP contribution in [0.4, 0.5) is 26.3 Å². The number of esters is 2. The Balaban J connectivity index is 1.60. The number of alkyl halides is 6. The predicted molar refractivity (Wildman–Crippen MR) is 154 cm³/mol. The molecule has 0 saturated heterocycles. The van der Waals surface area contributed by atoms with Gasteiger partial charge in [0, 0.05) is 11.8 Å². The van der Waals surface area contributed by atoms with E-state index in [0.717, 1.165) is 35.4 Å². The Labute approximate surface area is 256 Å². The minimum Gasteiger partial charge on any atom is -0.455 e. The van der Waals surface area contributed by atoms with E-state index in [4.69, 9.17) is 9.47 Å². The fraction of sp³-hybridized carbons (Fsp3) is 0.314. The number of benzene rings is 3. The molecule has 1 saturated carbocycles. The second-order valence-electron chi connectivity index (χ2n) is 11.4. The lowest BCUT2D eigenvalue weighted by molar-refractivity contribution is -0.138. The first kappa shape index (κ1) is 32.1. The number of fused-ring (bicyclic) bond motifs is 1. The SMILES string of the molecule is Cc1ccccc1C1C2C=CC=CCC2C(C)C(OC(=O)c2cccc(C(F)(F)F)c2)C1OC(=O)c1cccc(C(F)(F)F)c1. The highest BCUT2D eigenvalue weighted by Gasteiger charge is 2.52. The molecular weight excluding hydrogens is 598 g/mol. The maximum Gasteiger partial charge on any atom is 0.416 e. The van der Waals surface area contributed by atoms with Crippen molar-refractivity contribution in [1.29, 1.82) is 0 Å². The van der Waals surface area contributed by atoms with Gasteiger partial charge in [0.15, 0.2) is 0 Å². The first-order valence-electron chi connectivity index (χ1n) is 14.4. The van der Waals surface area contributed by atoms with Crippen LogP contribution in [0, 0.1) is 24.7 Å². The van der Waals surface area contributed by atoms with Crippen LogP contribution in [0.5, 0.6) is 0 Å². The van der Waals surface area contributed by atoms with Gasteiger partial charge in [0.25, 0.3) is 0 Å². The summed E-state index contributed by atoms with van der Waals surface area (Å²) in [5.74, 6) is -3.52. The van der Waals surface area contributed by atoms with Crippen LogP contribution >= 0.6 is 0 Å². The van der Waals surface area contributed by atoms with Gasteiger partial charge in [-0.1, -0.05) is 67.6 Å². The van der Waals surface area contributed by atoms with Crippen LogP contribution in [0.3, 0.4) is 0 Å². The lowest BCUT2D eigenvalue weighted by Gasteiger charge is -2.49. The molecule has 0 aromatic heterocycles. The molecule has 10 heteroatoms. The van der Waals surface area contributed by atoms with Crippen molar-refractivity contribution in [2.45, 2.75) is 50.7 Å². The van der Waals surface area contributed by atoms with Gasteiger partial charge in [0.05, 0.1) is 22.3 Å². The van der Waals surface area contributed by atoms with Crippen molar-refractivity contribution in [2.75, 3.05) is 0 Å². The molecule has 0 aliphatic heterocycles. The monoisotopic (exact) mass is 628 g/mol. The zero-order chi connectivity index (χ0) is 32.5. The van der Waals surface area contributed by atoms with Gasteiger partial charge in [-0.15, -0.1) is 0 Å². The smallest absolute Gasteiger partial charge is 0.416 e. The van der Waals surface area contributed by atoms with Crippen molar-refractivity contribution in [3.63, 3.8) is 0 Å². The van der Waals surface area contributed by atoms with Gasteiger partial charge in [0.2, 0.25) is 0 Å². The number of halogens is 6. The number of ether oxygens (including phenoxy) is 2. The Bertz CT molecular complexity index is 1620. The number of hydrogen-bond donors (Lipinski definition) is 0. The van der Waals surface area contributed by atoms with Gasteiger partial charge in [-0.2, -0.15) is 26.3 Å². The summed E-state index contributed by atoms with van der Waals surface area (Å²) in [4.78, 5) is 27.0. The largest absolute Gasteiger partial charge is 0.455 e. The fourth-order valence-corrected chi connectivity index (χ4v) is 6.41. The molecule has 6 atom stereocenters. The van der Waals surface area contributed by atoms with Crippen LogP contribution < -0.4 is 0 Å². The van der Waals surface area contributed by atoms with Crippen LogP contribution in [-0.4, -0.2) is 24.1 Å². The van der Waals surface area contributed by atoms with Crippen LogP contribution in [0.15, 0.2) is 97.1 Å². The maximum absolute atomic E-state index is 13.6. The molecule has 6 unspecified atom stereocenters. The number of carbonyl (C=O) groups excluding carboxylic acids is 2. The molecule has 1 fully saturated rings. The quantitative estimate of drug-likeness (QED) is 0.209. The molecule has 3 aromatic rings. The normalized spacial score (nSPS) is 24.8. The molecule has 0 N–H and O–H groups in total. The lowest BCUT2D eigenvalue weighted by Crippen LogP contribution is -2.53. The van der Waals surface area contributed by atoms with E-state index in [0.29, 0.717) is 18.6 Å². The van der Waals surface area contributed by atoms with E-state index in [1.165, 1.54) is 12.1 Å². The van der Waals surface area contributed by atoms with E-state index < -0.39 is 59.5 Å². The average molecular weight is 629 g/mol. The topological polar surface area (TPSA) is 52.6 Å². The Morgan fingerprint density at radius 2 is 1.29 bits per heavy atom. The molecule has 45 heavy (non-hydrogen) atoms. The molecule has 0 radical (unpaired) electrons. The summed E-state index contributed by atoms with van der Waals surface area (Å²) in [6, 6.07) is 15.0. The number of carbonyl (C=O) groups is 2. The fourth-order valence-electron chi connectivity index (χ4n) is 6.41. The van der Waals surface area contributed by atoms with Gasteiger partial charge >= 0.3 is 24.3 Å². The molecule has 0 spiro atoms. The van der Waals surface area contributed by atoms with Crippen molar-refractivity contribution >= 4 is 11.9 Å². The minimum atomic E-state index is -4.70. The van der Waals surface area contributed by atoms with E-state index in [1.54, 1.807) is 0 Å². The van der Waals surface area contributed by atoms with Gasteiger partial charge in [0.1, 0.15) is 12.2 Å². The van der Waals surface area contributed by atoms with Gasteiger partial charge < -0.3 is 9.47 Å². The summed E-state index contributed by atoms with van der Waals surface area (Å²) in [6.45, 7) is 3.68. The van der Waals surface area contributed by atoms with E-state index in [1.807, 2.05) is 62.4 Å². The third kappa shape index (κ3) is 6.84. The maximum atomic E-state index is 13.6. The zero-order valence-corrected chi connectivity index (χ0v) is 24.3. The van der Waals surface area contributed by atoms with Crippen molar-refractivity contribution in [3.8, 4) is 0 Å². The van der Waals surface area contributed by atoms with E-state index in [9.17, 15) is 35.9 Å². The van der Waals surface area contributed by atoms with Crippen molar-refractivity contribution in [1.82, 2.24) is 0 Å². The second-order valence-corrected chi connectivity index (χ2v) is 11.4. The third-order valence-corrected chi connectivity index (χ3v) is 8.65. The van der Waals surface area contributed by atoms with Gasteiger partial charge in [-0.25, -0.2) is 9.59 Å². The molecule has 236 valence electrons. The highest BCUT2D eigenvalue weighted by Crippen LogP contribution is 2.50. The van der Waals surface area contributed by atoms with Gasteiger partial charge in [-0.3, -0.25) is 0 Å². The van der Waals surface area contributed by atoms with Crippen molar-refractivity contribution in [3.05, 3.63) is 130 Å². The molecule has 0 amide bonds. The van der Waals surface area contributed by atoms with Gasteiger partial charge in [-0.05, 0) is 72.7 Å². The second kappa shape index (κ2) is 12.6.